The summed E-state index contributed by atoms with van der Waals surface area (Å²) >= 11 is 0. The topological polar surface area (TPSA) is 39.4 Å². The molecule has 0 aliphatic rings. The molecule has 1 aromatic carbocycles. The van der Waals surface area contributed by atoms with Gasteiger partial charge in [-0.1, -0.05) is 12.1 Å². The van der Waals surface area contributed by atoms with Crippen LogP contribution < -0.4 is 4.74 Å². The zero-order chi connectivity index (χ0) is 11.7. The molecule has 1 heterocycles. The van der Waals surface area contributed by atoms with Crippen molar-refractivity contribution in [3.05, 3.63) is 29.5 Å². The highest BCUT2D eigenvalue weighted by Gasteiger charge is 2.13. The molecule has 0 saturated heterocycles. The van der Waals surface area contributed by atoms with Crippen LogP contribution in [0.3, 0.4) is 0 Å². The van der Waals surface area contributed by atoms with Crippen molar-refractivity contribution in [3.63, 3.8) is 0 Å². The van der Waals surface area contributed by atoms with Gasteiger partial charge in [0.25, 0.3) is 0 Å². The molecular weight excluding hydrogens is 204 g/mol. The molecule has 2 aromatic rings. The minimum Gasteiger partial charge on any atom is -0.493 e. The second-order valence-electron chi connectivity index (χ2n) is 3.91. The molecule has 0 amide bonds. The van der Waals surface area contributed by atoms with Gasteiger partial charge in [0.2, 0.25) is 0 Å². The summed E-state index contributed by atoms with van der Waals surface area (Å²) in [5.74, 6) is 1.62. The van der Waals surface area contributed by atoms with Crippen LogP contribution in [0.2, 0.25) is 0 Å². The van der Waals surface area contributed by atoms with Crippen LogP contribution in [0.25, 0.3) is 11.0 Å². The molecule has 16 heavy (non-hydrogen) atoms. The Morgan fingerprint density at radius 1 is 1.44 bits per heavy atom. The first-order valence-corrected chi connectivity index (χ1v) is 5.17. The fraction of sp³-hybridized carbons (Fsp3) is 0.308. The molecule has 0 atom stereocenters. The van der Waals surface area contributed by atoms with E-state index in [0.29, 0.717) is 12.2 Å². The van der Waals surface area contributed by atoms with E-state index >= 15 is 0 Å². The number of benzene rings is 1. The highest BCUT2D eigenvalue weighted by atomic mass is 16.5. The minimum atomic E-state index is 0.112. The van der Waals surface area contributed by atoms with Gasteiger partial charge < -0.3 is 9.15 Å². The smallest absolute Gasteiger partial charge is 0.176 e. The van der Waals surface area contributed by atoms with Crippen LogP contribution in [0.15, 0.2) is 22.6 Å². The van der Waals surface area contributed by atoms with Crippen LogP contribution >= 0.6 is 0 Å². The largest absolute Gasteiger partial charge is 0.493 e. The van der Waals surface area contributed by atoms with E-state index in [4.69, 9.17) is 9.15 Å². The number of rotatable bonds is 3. The lowest BCUT2D eigenvalue weighted by Gasteiger charge is -2.07. The van der Waals surface area contributed by atoms with E-state index in [9.17, 15) is 4.79 Å². The number of methoxy groups -OCH3 is 1. The number of aryl methyl sites for hydroxylation is 1. The third kappa shape index (κ3) is 1.81. The third-order valence-electron chi connectivity index (χ3n) is 2.49. The highest BCUT2D eigenvalue weighted by molar-refractivity contribution is 5.88. The van der Waals surface area contributed by atoms with E-state index in [1.54, 1.807) is 14.0 Å². The Hall–Kier alpha value is -1.77. The van der Waals surface area contributed by atoms with E-state index in [1.165, 1.54) is 0 Å². The second kappa shape index (κ2) is 4.00. The predicted molar refractivity (Wildman–Crippen MR) is 61.9 cm³/mol. The van der Waals surface area contributed by atoms with Crippen LogP contribution in [-0.2, 0) is 11.2 Å². The molecule has 0 N–H and O–H groups in total. The standard InChI is InChI=1S/C13H14O3/c1-8(14)6-10-4-5-11-7-9(2)16-13(11)12(10)15-3/h4-5,7H,6H2,1-3H3. The van der Waals surface area contributed by atoms with Crippen molar-refractivity contribution in [2.45, 2.75) is 20.3 Å². The molecule has 0 bridgehead atoms. The summed E-state index contributed by atoms with van der Waals surface area (Å²) in [5.41, 5.74) is 1.59. The van der Waals surface area contributed by atoms with Gasteiger partial charge in [-0.3, -0.25) is 4.79 Å². The molecule has 0 radical (unpaired) electrons. The molecule has 84 valence electrons. The quantitative estimate of drug-likeness (QED) is 0.795. The van der Waals surface area contributed by atoms with Crippen LogP contribution in [0, 0.1) is 6.92 Å². The number of hydrogen-bond acceptors (Lipinski definition) is 3. The van der Waals surface area contributed by atoms with E-state index in [1.807, 2.05) is 25.1 Å². The lowest BCUT2D eigenvalue weighted by atomic mass is 10.1. The fourth-order valence-electron chi connectivity index (χ4n) is 1.88. The van der Waals surface area contributed by atoms with Crippen LogP contribution in [0.4, 0.5) is 0 Å². The van der Waals surface area contributed by atoms with Crippen LogP contribution in [-0.4, -0.2) is 12.9 Å². The van der Waals surface area contributed by atoms with Crippen molar-refractivity contribution in [2.75, 3.05) is 7.11 Å². The number of ketones is 1. The molecule has 1 aromatic heterocycles. The first kappa shape index (κ1) is 10.7. The predicted octanol–water partition coefficient (Wildman–Crippen LogP) is 2.88. The first-order chi connectivity index (χ1) is 7.61. The van der Waals surface area contributed by atoms with E-state index in [-0.39, 0.29) is 5.78 Å². The van der Waals surface area contributed by atoms with Crippen molar-refractivity contribution in [1.82, 2.24) is 0 Å². The van der Waals surface area contributed by atoms with Crippen LogP contribution in [0.1, 0.15) is 18.2 Å². The number of fused-ring (bicyclic) bond motifs is 1. The molecule has 0 fully saturated rings. The second-order valence-corrected chi connectivity index (χ2v) is 3.91. The number of carbonyl (C=O) groups is 1. The van der Waals surface area contributed by atoms with Gasteiger partial charge in [-0.15, -0.1) is 0 Å². The summed E-state index contributed by atoms with van der Waals surface area (Å²) in [7, 11) is 1.59. The van der Waals surface area contributed by atoms with Crippen molar-refractivity contribution >= 4 is 16.8 Å². The van der Waals surface area contributed by atoms with Gasteiger partial charge in [-0.05, 0) is 19.9 Å². The normalized spacial score (nSPS) is 10.7. The minimum absolute atomic E-state index is 0.112. The molecule has 0 saturated carbocycles. The average molecular weight is 218 g/mol. The van der Waals surface area contributed by atoms with E-state index in [0.717, 1.165) is 22.3 Å². The Bertz CT molecular complexity index is 537. The molecular formula is C13H14O3. The average Bonchev–Trinajstić information content (AvgIpc) is 2.57. The Morgan fingerprint density at radius 2 is 2.19 bits per heavy atom. The van der Waals surface area contributed by atoms with E-state index < -0.39 is 0 Å². The maximum Gasteiger partial charge on any atom is 0.176 e. The zero-order valence-electron chi connectivity index (χ0n) is 9.66. The number of carbonyl (C=O) groups excluding carboxylic acids is 1. The number of furan rings is 1. The fourth-order valence-corrected chi connectivity index (χ4v) is 1.88. The molecule has 0 unspecified atom stereocenters. The van der Waals surface area contributed by atoms with Gasteiger partial charge in [-0.25, -0.2) is 0 Å². The Kier molecular flexibility index (Phi) is 2.69. The monoisotopic (exact) mass is 218 g/mol. The maximum atomic E-state index is 11.1. The summed E-state index contributed by atoms with van der Waals surface area (Å²) in [6.45, 7) is 3.46. The summed E-state index contributed by atoms with van der Waals surface area (Å²) in [6, 6.07) is 5.82. The van der Waals surface area contributed by atoms with E-state index in [2.05, 4.69) is 0 Å². The van der Waals surface area contributed by atoms with Gasteiger partial charge in [0, 0.05) is 17.4 Å². The molecule has 3 heteroatoms. The number of Topliss-reactive ketones (excluding diaryl/α,β-unsaturated/α-hetero) is 1. The lowest BCUT2D eigenvalue weighted by Crippen LogP contribution is -1.99. The van der Waals surface area contributed by atoms with Gasteiger partial charge >= 0.3 is 0 Å². The number of hydrogen-bond donors (Lipinski definition) is 0. The Balaban J connectivity index is 2.62. The summed E-state index contributed by atoms with van der Waals surface area (Å²) in [6.07, 6.45) is 0.374. The molecule has 0 spiro atoms. The number of ether oxygens (including phenoxy) is 1. The zero-order valence-corrected chi connectivity index (χ0v) is 9.66. The molecule has 0 aliphatic heterocycles. The first-order valence-electron chi connectivity index (χ1n) is 5.17. The maximum absolute atomic E-state index is 11.1. The Morgan fingerprint density at radius 3 is 2.81 bits per heavy atom. The Labute approximate surface area is 94.0 Å². The molecule has 2 rings (SSSR count). The molecule has 0 aliphatic carbocycles. The van der Waals surface area contributed by atoms with Gasteiger partial charge in [0.1, 0.15) is 11.5 Å². The van der Waals surface area contributed by atoms with Crippen molar-refractivity contribution in [3.8, 4) is 5.75 Å². The lowest BCUT2D eigenvalue weighted by molar-refractivity contribution is -0.116. The van der Waals surface area contributed by atoms with Crippen LogP contribution in [0.5, 0.6) is 5.75 Å². The molecule has 3 nitrogen and oxygen atoms in total. The van der Waals surface area contributed by atoms with Gasteiger partial charge in [0.15, 0.2) is 11.3 Å². The highest BCUT2D eigenvalue weighted by Crippen LogP contribution is 2.32. The van der Waals surface area contributed by atoms with Crippen molar-refractivity contribution in [2.24, 2.45) is 0 Å². The summed E-state index contributed by atoms with van der Waals surface area (Å²) in [5, 5.41) is 1.00. The summed E-state index contributed by atoms with van der Waals surface area (Å²) < 4.78 is 10.9. The van der Waals surface area contributed by atoms with Crippen molar-refractivity contribution in [1.29, 1.82) is 0 Å². The van der Waals surface area contributed by atoms with Gasteiger partial charge in [-0.2, -0.15) is 0 Å². The summed E-state index contributed by atoms with van der Waals surface area (Å²) in [4.78, 5) is 11.1. The van der Waals surface area contributed by atoms with Gasteiger partial charge in [0.05, 0.1) is 7.11 Å². The SMILES string of the molecule is COc1c(CC(C)=O)ccc2cc(C)oc12. The third-order valence-corrected chi connectivity index (χ3v) is 2.49. The van der Waals surface area contributed by atoms with Crippen molar-refractivity contribution < 1.29 is 13.9 Å².